The van der Waals surface area contributed by atoms with Crippen LogP contribution in [0.1, 0.15) is 45.4 Å². The predicted molar refractivity (Wildman–Crippen MR) is 79.0 cm³/mol. The Balaban J connectivity index is 1.11. The van der Waals surface area contributed by atoms with Gasteiger partial charge in [0.25, 0.3) is 0 Å². The first kappa shape index (κ1) is 11.8. The van der Waals surface area contributed by atoms with Crippen molar-refractivity contribution in [2.24, 2.45) is 40.9 Å². The number of carbonyl (C=O) groups is 1. The summed E-state index contributed by atoms with van der Waals surface area (Å²) in [6.07, 6.45) is 13.7. The molecule has 20 heavy (non-hydrogen) atoms. The van der Waals surface area contributed by atoms with Gasteiger partial charge in [-0.3, -0.25) is 4.79 Å². The van der Waals surface area contributed by atoms with E-state index in [1.165, 1.54) is 25.2 Å². The molecule has 4 fully saturated rings. The van der Waals surface area contributed by atoms with E-state index < -0.39 is 0 Å². The maximum absolute atomic E-state index is 11.5. The highest BCUT2D eigenvalue weighted by molar-refractivity contribution is 6.06. The van der Waals surface area contributed by atoms with Gasteiger partial charge in [-0.25, -0.2) is 0 Å². The third-order valence-electron chi connectivity index (χ3n) is 7.86. The van der Waals surface area contributed by atoms with E-state index in [4.69, 9.17) is 0 Å². The van der Waals surface area contributed by atoms with Crippen molar-refractivity contribution in [2.45, 2.75) is 45.4 Å². The first-order chi connectivity index (χ1) is 9.75. The zero-order valence-electron chi connectivity index (χ0n) is 12.3. The molecule has 0 radical (unpaired) electrons. The van der Waals surface area contributed by atoms with Gasteiger partial charge in [0.15, 0.2) is 5.78 Å². The fourth-order valence-corrected chi connectivity index (χ4v) is 7.16. The van der Waals surface area contributed by atoms with Gasteiger partial charge in [0.05, 0.1) is 0 Å². The molecule has 0 aromatic heterocycles. The number of rotatable bonds is 5. The van der Waals surface area contributed by atoms with Crippen LogP contribution in [0.3, 0.4) is 0 Å². The van der Waals surface area contributed by atoms with Crippen LogP contribution in [0.15, 0.2) is 23.8 Å². The van der Waals surface area contributed by atoms with Crippen LogP contribution in [0.2, 0.25) is 0 Å². The van der Waals surface area contributed by atoms with Gasteiger partial charge in [0.1, 0.15) is 0 Å². The molecule has 5 rings (SSSR count). The minimum atomic E-state index is 0.247. The van der Waals surface area contributed by atoms with Crippen molar-refractivity contribution < 1.29 is 4.79 Å². The topological polar surface area (TPSA) is 17.1 Å². The minimum Gasteiger partial charge on any atom is -0.290 e. The van der Waals surface area contributed by atoms with Gasteiger partial charge in [0.2, 0.25) is 0 Å². The molecule has 0 aromatic rings. The Hall–Kier alpha value is -0.850. The van der Waals surface area contributed by atoms with E-state index >= 15 is 0 Å². The second kappa shape index (κ2) is 3.67. The van der Waals surface area contributed by atoms with Gasteiger partial charge < -0.3 is 0 Å². The third kappa shape index (κ3) is 1.09. The average Bonchev–Trinajstić information content (AvgIpc) is 2.87. The Morgan fingerprint density at radius 3 is 2.75 bits per heavy atom. The molecule has 0 N–H and O–H groups in total. The number of unbranched alkanes of at least 4 members (excludes halogenated alkanes) is 2. The molecular weight excluding hydrogens is 244 g/mol. The summed E-state index contributed by atoms with van der Waals surface area (Å²) in [5, 5.41) is 0. The lowest BCUT2D eigenvalue weighted by Crippen LogP contribution is -2.89. The molecule has 0 heterocycles. The van der Waals surface area contributed by atoms with E-state index in [9.17, 15) is 4.79 Å². The van der Waals surface area contributed by atoms with Crippen LogP contribution in [-0.4, -0.2) is 5.78 Å². The van der Waals surface area contributed by atoms with Gasteiger partial charge >= 0.3 is 0 Å². The molecule has 0 aromatic carbocycles. The van der Waals surface area contributed by atoms with Crippen LogP contribution < -0.4 is 0 Å². The van der Waals surface area contributed by atoms with Gasteiger partial charge in [-0.15, -0.1) is 0 Å². The standard InChI is InChI=1S/C19H24O/c1-11-16-13-10-14-17(11)18(16)19(13,14)9-4-2-3-6-12-7-5-8-15(12)20/h5-6,8,11,13-14,16-18H,2-4,7,9-10H2,1H3/b12-6+. The summed E-state index contributed by atoms with van der Waals surface area (Å²) in [6.45, 7) is 2.51. The highest BCUT2D eigenvalue weighted by Gasteiger charge is 2.88. The largest absolute Gasteiger partial charge is 0.290 e. The average molecular weight is 268 g/mol. The molecule has 0 amide bonds. The van der Waals surface area contributed by atoms with Crippen molar-refractivity contribution >= 4 is 5.78 Å². The number of allylic oxidation sites excluding steroid dienone is 4. The Kier molecular flexibility index (Phi) is 2.16. The Morgan fingerprint density at radius 1 is 1.30 bits per heavy atom. The molecule has 0 aliphatic heterocycles. The predicted octanol–water partition coefficient (Wildman–Crippen LogP) is 4.15. The van der Waals surface area contributed by atoms with E-state index in [2.05, 4.69) is 13.0 Å². The zero-order chi connectivity index (χ0) is 13.5. The molecule has 4 atom stereocenters. The van der Waals surface area contributed by atoms with Crippen molar-refractivity contribution in [1.29, 1.82) is 0 Å². The van der Waals surface area contributed by atoms with Crippen molar-refractivity contribution in [3.8, 4) is 0 Å². The molecule has 5 aliphatic carbocycles. The second-order valence-electron chi connectivity index (χ2n) is 8.05. The highest BCUT2D eigenvalue weighted by Crippen LogP contribution is 2.93. The van der Waals surface area contributed by atoms with E-state index in [-0.39, 0.29) is 5.78 Å². The number of carbonyl (C=O) groups excluding carboxylic acids is 1. The lowest BCUT2D eigenvalue weighted by atomic mass is 9.10. The van der Waals surface area contributed by atoms with Crippen LogP contribution in [0.25, 0.3) is 0 Å². The van der Waals surface area contributed by atoms with Crippen molar-refractivity contribution in [1.82, 2.24) is 0 Å². The maximum Gasteiger partial charge on any atom is 0.181 e. The number of hydrogen-bond donors (Lipinski definition) is 0. The lowest BCUT2D eigenvalue weighted by Gasteiger charge is -2.94. The fourth-order valence-electron chi connectivity index (χ4n) is 7.16. The van der Waals surface area contributed by atoms with Crippen LogP contribution >= 0.6 is 0 Å². The van der Waals surface area contributed by atoms with Crippen molar-refractivity contribution in [2.75, 3.05) is 0 Å². The quantitative estimate of drug-likeness (QED) is 0.541. The van der Waals surface area contributed by atoms with E-state index in [1.807, 2.05) is 6.08 Å². The van der Waals surface area contributed by atoms with Crippen LogP contribution in [0.5, 0.6) is 0 Å². The molecule has 5 aliphatic rings. The number of ketones is 1. The summed E-state index contributed by atoms with van der Waals surface area (Å²) in [5.41, 5.74) is 1.89. The molecule has 0 bridgehead atoms. The molecule has 1 nitrogen and oxygen atoms in total. The van der Waals surface area contributed by atoms with Crippen LogP contribution in [0, 0.1) is 40.9 Å². The second-order valence-corrected chi connectivity index (χ2v) is 8.05. The molecule has 4 unspecified atom stereocenters. The monoisotopic (exact) mass is 268 g/mol. The number of hydrogen-bond acceptors (Lipinski definition) is 1. The summed E-state index contributed by atoms with van der Waals surface area (Å²) >= 11 is 0. The van der Waals surface area contributed by atoms with Gasteiger partial charge in [-0.05, 0) is 84.7 Å². The summed E-state index contributed by atoms with van der Waals surface area (Å²) in [7, 11) is 0. The first-order valence-corrected chi connectivity index (χ1v) is 8.65. The molecular formula is C19H24O. The Bertz CT molecular complexity index is 508. The third-order valence-corrected chi connectivity index (χ3v) is 7.86. The first-order valence-electron chi connectivity index (χ1n) is 8.65. The molecule has 1 heteroatoms. The van der Waals surface area contributed by atoms with E-state index in [0.717, 1.165) is 53.4 Å². The molecule has 106 valence electrons. The molecule has 0 spiro atoms. The normalized spacial score (nSPS) is 54.9. The maximum atomic E-state index is 11.5. The van der Waals surface area contributed by atoms with Gasteiger partial charge in [-0.1, -0.05) is 25.5 Å². The Labute approximate surface area is 121 Å². The summed E-state index contributed by atoms with van der Waals surface area (Å²) < 4.78 is 0. The molecule has 0 saturated heterocycles. The summed E-state index contributed by atoms with van der Waals surface area (Å²) in [5.74, 6) is 7.06. The molecule has 4 saturated carbocycles. The summed E-state index contributed by atoms with van der Waals surface area (Å²) in [4.78, 5) is 11.5. The van der Waals surface area contributed by atoms with Crippen molar-refractivity contribution in [3.05, 3.63) is 23.8 Å². The fraction of sp³-hybridized carbons (Fsp3) is 0.737. The Morgan fingerprint density at radius 2 is 2.10 bits per heavy atom. The minimum absolute atomic E-state index is 0.247. The SMILES string of the molecule is CC1C2C3CC4C1C2C34CCCC/C=C1\CC=CC1=O. The van der Waals surface area contributed by atoms with Crippen LogP contribution in [0.4, 0.5) is 0 Å². The van der Waals surface area contributed by atoms with E-state index in [0.29, 0.717) is 0 Å². The summed E-state index contributed by atoms with van der Waals surface area (Å²) in [6, 6.07) is 0. The van der Waals surface area contributed by atoms with Gasteiger partial charge in [0, 0.05) is 0 Å². The zero-order valence-corrected chi connectivity index (χ0v) is 12.3. The highest BCUT2D eigenvalue weighted by atomic mass is 16.1. The van der Waals surface area contributed by atoms with Gasteiger partial charge in [-0.2, -0.15) is 0 Å². The lowest BCUT2D eigenvalue weighted by molar-refractivity contribution is -0.468. The van der Waals surface area contributed by atoms with Crippen molar-refractivity contribution in [3.63, 3.8) is 0 Å². The van der Waals surface area contributed by atoms with Crippen LogP contribution in [-0.2, 0) is 4.79 Å². The van der Waals surface area contributed by atoms with E-state index in [1.54, 1.807) is 12.5 Å². The smallest absolute Gasteiger partial charge is 0.181 e. The number of fused-ring (bicyclic) bond motifs is 2.